The van der Waals surface area contributed by atoms with E-state index in [0.717, 1.165) is 43.4 Å². The molecule has 176 valence electrons. The molecule has 2 heterocycles. The summed E-state index contributed by atoms with van der Waals surface area (Å²) in [5.41, 5.74) is 8.88. The van der Waals surface area contributed by atoms with Gasteiger partial charge in [0.2, 0.25) is 0 Å². The van der Waals surface area contributed by atoms with Crippen LogP contribution in [0.15, 0.2) is 24.3 Å². The maximum Gasteiger partial charge on any atom is 0.410 e. The number of aromatic nitrogens is 2. The normalized spacial score (nSPS) is 22.6. The molecule has 1 spiro atoms. The maximum absolute atomic E-state index is 12.6. The number of anilines is 1. The zero-order valence-electron chi connectivity index (χ0n) is 19.9. The largest absolute Gasteiger partial charge is 0.444 e. The van der Waals surface area contributed by atoms with Gasteiger partial charge in [0.15, 0.2) is 0 Å². The Morgan fingerprint density at radius 2 is 2.00 bits per heavy atom. The average Bonchev–Trinajstić information content (AvgIpc) is 3.07. The van der Waals surface area contributed by atoms with Gasteiger partial charge >= 0.3 is 6.09 Å². The predicted molar refractivity (Wildman–Crippen MR) is 125 cm³/mol. The van der Waals surface area contributed by atoms with Crippen molar-refractivity contribution in [2.45, 2.75) is 64.7 Å². The average molecular weight is 452 g/mol. The van der Waals surface area contributed by atoms with Crippen LogP contribution in [-0.4, -0.2) is 46.6 Å². The molecule has 33 heavy (non-hydrogen) atoms. The first kappa shape index (κ1) is 23.1. The van der Waals surface area contributed by atoms with Gasteiger partial charge in [-0.15, -0.1) is 0 Å². The van der Waals surface area contributed by atoms with Gasteiger partial charge in [-0.05, 0) is 57.4 Å². The molecule has 1 aromatic heterocycles. The van der Waals surface area contributed by atoms with Crippen LogP contribution >= 0.6 is 0 Å². The first-order valence-corrected chi connectivity index (χ1v) is 11.5. The van der Waals surface area contributed by atoms with Crippen molar-refractivity contribution in [1.82, 2.24) is 14.7 Å². The van der Waals surface area contributed by atoms with E-state index >= 15 is 0 Å². The van der Waals surface area contributed by atoms with Crippen LogP contribution in [0.4, 0.5) is 10.6 Å². The topological polar surface area (TPSA) is 106 Å². The second kappa shape index (κ2) is 8.71. The number of amides is 1. The molecule has 0 radical (unpaired) electrons. The third-order valence-corrected chi connectivity index (χ3v) is 6.59. The molecule has 4 rings (SSSR count). The minimum atomic E-state index is -0.501. The molecule has 2 aliphatic rings. The van der Waals surface area contributed by atoms with Crippen molar-refractivity contribution < 1.29 is 14.3 Å². The lowest BCUT2D eigenvalue weighted by atomic mass is 9.61. The molecule has 1 aliphatic heterocycles. The van der Waals surface area contributed by atoms with Gasteiger partial charge in [-0.3, -0.25) is 0 Å². The number of benzene rings is 1. The van der Waals surface area contributed by atoms with E-state index in [0.29, 0.717) is 30.2 Å². The van der Waals surface area contributed by atoms with Crippen molar-refractivity contribution in [2.75, 3.05) is 25.9 Å². The molecular formula is C25H33N5O3. The third-order valence-electron chi connectivity index (χ3n) is 6.59. The van der Waals surface area contributed by atoms with Gasteiger partial charge in [-0.1, -0.05) is 24.3 Å². The Morgan fingerprint density at radius 1 is 1.30 bits per heavy atom. The second-order valence-corrected chi connectivity index (χ2v) is 10.4. The molecule has 2 fully saturated rings. The molecule has 1 aromatic carbocycles. The highest BCUT2D eigenvalue weighted by Gasteiger charge is 2.49. The van der Waals surface area contributed by atoms with Crippen LogP contribution in [0.2, 0.25) is 0 Å². The van der Waals surface area contributed by atoms with Crippen molar-refractivity contribution in [3.63, 3.8) is 0 Å². The van der Waals surface area contributed by atoms with E-state index in [-0.39, 0.29) is 17.6 Å². The molecule has 1 saturated heterocycles. The van der Waals surface area contributed by atoms with Crippen LogP contribution in [0.5, 0.6) is 0 Å². The van der Waals surface area contributed by atoms with Crippen LogP contribution in [0, 0.1) is 16.7 Å². The van der Waals surface area contributed by atoms with E-state index < -0.39 is 5.60 Å². The Morgan fingerprint density at radius 3 is 2.61 bits per heavy atom. The van der Waals surface area contributed by atoms with Gasteiger partial charge in [0.1, 0.15) is 28.7 Å². The lowest BCUT2D eigenvalue weighted by Gasteiger charge is -2.52. The number of piperidine rings is 1. The molecule has 0 atom stereocenters. The number of nitriles is 1. The fourth-order valence-electron chi connectivity index (χ4n) is 5.10. The number of nitrogen functional groups attached to an aromatic ring is 1. The zero-order valence-corrected chi connectivity index (χ0v) is 19.9. The Hall–Kier alpha value is -3.05. The summed E-state index contributed by atoms with van der Waals surface area (Å²) < 4.78 is 12.6. The highest BCUT2D eigenvalue weighted by atomic mass is 16.6. The summed E-state index contributed by atoms with van der Waals surface area (Å²) in [4.78, 5) is 14.4. The molecule has 0 unspecified atom stereocenters. The van der Waals surface area contributed by atoms with E-state index in [2.05, 4.69) is 6.07 Å². The lowest BCUT2D eigenvalue weighted by Crippen LogP contribution is -2.53. The predicted octanol–water partition coefficient (Wildman–Crippen LogP) is 4.50. The zero-order chi connectivity index (χ0) is 23.8. The van der Waals surface area contributed by atoms with E-state index in [9.17, 15) is 10.1 Å². The van der Waals surface area contributed by atoms with Crippen molar-refractivity contribution in [2.24, 2.45) is 5.41 Å². The fourth-order valence-corrected chi connectivity index (χ4v) is 5.10. The fraction of sp³-hybridized carbons (Fsp3) is 0.560. The van der Waals surface area contributed by atoms with Crippen LogP contribution in [-0.2, 0) is 16.1 Å². The lowest BCUT2D eigenvalue weighted by molar-refractivity contribution is -0.0360. The summed E-state index contributed by atoms with van der Waals surface area (Å²) >= 11 is 0. The summed E-state index contributed by atoms with van der Waals surface area (Å²) in [7, 11) is 1.66. The Bertz CT molecular complexity index is 1060. The number of likely N-dealkylation sites (tertiary alicyclic amines) is 1. The van der Waals surface area contributed by atoms with Gasteiger partial charge < -0.3 is 20.1 Å². The molecule has 8 heteroatoms. The van der Waals surface area contributed by atoms with Crippen molar-refractivity contribution in [3.05, 3.63) is 35.4 Å². The Balaban J connectivity index is 1.49. The number of nitrogens with zero attached hydrogens (tertiary/aromatic N) is 4. The third kappa shape index (κ3) is 4.69. The Labute approximate surface area is 195 Å². The summed E-state index contributed by atoms with van der Waals surface area (Å²) in [5, 5.41) is 14.5. The minimum Gasteiger partial charge on any atom is -0.444 e. The van der Waals surface area contributed by atoms with Crippen molar-refractivity contribution in [3.8, 4) is 17.3 Å². The van der Waals surface area contributed by atoms with E-state index in [1.807, 2.05) is 54.6 Å². The summed E-state index contributed by atoms with van der Waals surface area (Å²) in [6.45, 7) is 7.62. The van der Waals surface area contributed by atoms with Gasteiger partial charge in [0, 0.05) is 25.8 Å². The standard InChI is InChI=1S/C25H33N5O3/c1-24(2,3)33-23(31)29-11-5-10-25(16-29)12-19(13-25)30-22(27)20(14-26)21(28-30)18-8-6-17(7-9-18)15-32-4/h6-9,19H,5,10-13,15-16,27H2,1-4H3/t19-,25+. The van der Waals surface area contributed by atoms with Crippen LogP contribution < -0.4 is 5.73 Å². The summed E-state index contributed by atoms with van der Waals surface area (Å²) in [6, 6.07) is 10.2. The van der Waals surface area contributed by atoms with Crippen molar-refractivity contribution in [1.29, 1.82) is 5.26 Å². The van der Waals surface area contributed by atoms with Gasteiger partial charge in [0.05, 0.1) is 12.6 Å². The van der Waals surface area contributed by atoms with Crippen LogP contribution in [0.3, 0.4) is 0 Å². The highest BCUT2D eigenvalue weighted by Crippen LogP contribution is 2.54. The molecule has 2 aromatic rings. The number of rotatable bonds is 4. The molecule has 2 N–H and O–H groups in total. The van der Waals surface area contributed by atoms with Crippen LogP contribution in [0.1, 0.15) is 63.6 Å². The maximum atomic E-state index is 12.6. The number of carbonyl (C=O) groups excluding carboxylic acids is 1. The van der Waals surface area contributed by atoms with Gasteiger partial charge in [-0.2, -0.15) is 10.4 Å². The molecule has 0 bridgehead atoms. The number of nitrogens with two attached hydrogens (primary N) is 1. The number of ether oxygens (including phenoxy) is 2. The first-order chi connectivity index (χ1) is 15.6. The first-order valence-electron chi connectivity index (χ1n) is 11.5. The minimum absolute atomic E-state index is 0.0625. The molecule has 1 amide bonds. The SMILES string of the molecule is COCc1ccc(-c2nn([C@H]3C[C@]4(CCCN(C(=O)OC(C)(C)C)C4)C3)c(N)c2C#N)cc1. The second-order valence-electron chi connectivity index (χ2n) is 10.4. The summed E-state index contributed by atoms with van der Waals surface area (Å²) in [5.74, 6) is 0.410. The number of hydrogen-bond donors (Lipinski definition) is 1. The smallest absolute Gasteiger partial charge is 0.410 e. The van der Waals surface area contributed by atoms with Gasteiger partial charge in [-0.25, -0.2) is 9.48 Å². The van der Waals surface area contributed by atoms with E-state index in [4.69, 9.17) is 20.3 Å². The van der Waals surface area contributed by atoms with E-state index in [1.165, 1.54) is 0 Å². The molecular weight excluding hydrogens is 418 g/mol. The monoisotopic (exact) mass is 451 g/mol. The van der Waals surface area contributed by atoms with E-state index in [1.54, 1.807) is 7.11 Å². The van der Waals surface area contributed by atoms with Crippen molar-refractivity contribution >= 4 is 11.9 Å². The number of carbonyl (C=O) groups is 1. The molecule has 1 aliphatic carbocycles. The van der Waals surface area contributed by atoms with Crippen LogP contribution in [0.25, 0.3) is 11.3 Å². The number of hydrogen-bond acceptors (Lipinski definition) is 6. The van der Waals surface area contributed by atoms with Gasteiger partial charge in [0.25, 0.3) is 0 Å². The molecule has 1 saturated carbocycles. The molecule has 8 nitrogen and oxygen atoms in total. The summed E-state index contributed by atoms with van der Waals surface area (Å²) in [6.07, 6.45) is 3.56. The quantitative estimate of drug-likeness (QED) is 0.733. The highest BCUT2D eigenvalue weighted by molar-refractivity contribution is 5.73. The number of methoxy groups -OCH3 is 1. The Kier molecular flexibility index (Phi) is 6.10.